The quantitative estimate of drug-likeness (QED) is 0.587. The number of nitrogens with zero attached hydrogens (tertiary/aromatic N) is 1. The molecule has 0 atom stereocenters. The first kappa shape index (κ1) is 15.9. The van der Waals surface area contributed by atoms with Gasteiger partial charge in [-0.05, 0) is 37.7 Å². The molecule has 0 saturated heterocycles. The third-order valence-electron chi connectivity index (χ3n) is 3.13. The van der Waals surface area contributed by atoms with Crippen molar-refractivity contribution in [1.82, 2.24) is 4.90 Å². The number of ether oxygens (including phenoxy) is 1. The Bertz CT molecular complexity index is 421. The van der Waals surface area contributed by atoms with Crippen molar-refractivity contribution in [2.75, 3.05) is 20.7 Å². The van der Waals surface area contributed by atoms with Gasteiger partial charge in [0.05, 0.1) is 12.7 Å². The Morgan fingerprint density at radius 1 is 1.37 bits per heavy atom. The summed E-state index contributed by atoms with van der Waals surface area (Å²) in [5.41, 5.74) is 7.75. The second-order valence-electron chi connectivity index (χ2n) is 4.84. The van der Waals surface area contributed by atoms with Gasteiger partial charge < -0.3 is 15.4 Å². The van der Waals surface area contributed by atoms with Gasteiger partial charge in [0.2, 0.25) is 0 Å². The summed E-state index contributed by atoms with van der Waals surface area (Å²) in [4.78, 5) is 2.70. The van der Waals surface area contributed by atoms with Gasteiger partial charge in [0, 0.05) is 6.54 Å². The van der Waals surface area contributed by atoms with Crippen LogP contribution >= 0.6 is 12.2 Å². The lowest BCUT2D eigenvalue weighted by Gasteiger charge is -2.17. The molecule has 2 N–H and O–H groups in total. The molecule has 106 valence electrons. The van der Waals surface area contributed by atoms with Crippen molar-refractivity contribution >= 4 is 17.2 Å². The van der Waals surface area contributed by atoms with E-state index in [1.54, 1.807) is 7.11 Å². The average Bonchev–Trinajstić information content (AvgIpc) is 2.39. The van der Waals surface area contributed by atoms with Crippen molar-refractivity contribution in [2.45, 2.75) is 32.7 Å². The van der Waals surface area contributed by atoms with Gasteiger partial charge in [-0.25, -0.2) is 0 Å². The van der Waals surface area contributed by atoms with E-state index in [9.17, 15) is 0 Å². The zero-order valence-corrected chi connectivity index (χ0v) is 12.9. The molecular weight excluding hydrogens is 256 g/mol. The molecule has 0 radical (unpaired) electrons. The van der Waals surface area contributed by atoms with E-state index in [2.05, 4.69) is 24.9 Å². The largest absolute Gasteiger partial charge is 0.496 e. The highest BCUT2D eigenvalue weighted by molar-refractivity contribution is 7.80. The van der Waals surface area contributed by atoms with Crippen molar-refractivity contribution in [1.29, 1.82) is 0 Å². The van der Waals surface area contributed by atoms with Gasteiger partial charge in [-0.3, -0.25) is 0 Å². The van der Waals surface area contributed by atoms with Gasteiger partial charge in [-0.2, -0.15) is 0 Å². The molecule has 4 heteroatoms. The van der Waals surface area contributed by atoms with Crippen LogP contribution in [0, 0.1) is 0 Å². The zero-order valence-electron chi connectivity index (χ0n) is 12.1. The Kier molecular flexibility index (Phi) is 6.81. The lowest BCUT2D eigenvalue weighted by Crippen LogP contribution is -2.19. The molecule has 0 aromatic heterocycles. The molecule has 0 amide bonds. The molecule has 0 unspecified atom stereocenters. The minimum atomic E-state index is 0.382. The minimum Gasteiger partial charge on any atom is -0.496 e. The van der Waals surface area contributed by atoms with Gasteiger partial charge in [-0.1, -0.05) is 38.0 Å². The van der Waals surface area contributed by atoms with Crippen molar-refractivity contribution in [3.05, 3.63) is 29.3 Å². The number of unbranched alkanes of at least 4 members (excludes halogenated alkanes) is 2. The van der Waals surface area contributed by atoms with Crippen molar-refractivity contribution in [3.63, 3.8) is 0 Å². The normalized spacial score (nSPS) is 10.7. The fourth-order valence-corrected chi connectivity index (χ4v) is 2.23. The van der Waals surface area contributed by atoms with Crippen LogP contribution < -0.4 is 10.5 Å². The summed E-state index contributed by atoms with van der Waals surface area (Å²) in [5, 5.41) is 0. The average molecular weight is 280 g/mol. The molecule has 1 aromatic rings. The molecule has 19 heavy (non-hydrogen) atoms. The van der Waals surface area contributed by atoms with E-state index >= 15 is 0 Å². The molecule has 0 aliphatic rings. The van der Waals surface area contributed by atoms with Crippen LogP contribution in [-0.2, 0) is 6.54 Å². The monoisotopic (exact) mass is 280 g/mol. The second-order valence-corrected chi connectivity index (χ2v) is 5.28. The van der Waals surface area contributed by atoms with Crippen LogP contribution in [0.5, 0.6) is 5.75 Å². The van der Waals surface area contributed by atoms with Crippen LogP contribution in [-0.4, -0.2) is 30.6 Å². The number of benzene rings is 1. The van der Waals surface area contributed by atoms with E-state index in [1.807, 2.05) is 12.1 Å². The van der Waals surface area contributed by atoms with Crippen LogP contribution in [0.3, 0.4) is 0 Å². The molecule has 0 heterocycles. The Hall–Kier alpha value is -1.13. The van der Waals surface area contributed by atoms with E-state index < -0.39 is 0 Å². The predicted octanol–water partition coefficient (Wildman–Crippen LogP) is 2.95. The standard InChI is InChI=1S/C15H24N2OS/c1-4-5-6-9-17(2)11-12-7-8-14(18-3)13(10-12)15(16)19/h7-8,10H,4-6,9,11H2,1-3H3,(H2,16,19). The highest BCUT2D eigenvalue weighted by atomic mass is 32.1. The van der Waals surface area contributed by atoms with Crippen molar-refractivity contribution in [3.8, 4) is 5.75 Å². The Morgan fingerprint density at radius 3 is 2.68 bits per heavy atom. The number of nitrogens with two attached hydrogens (primary N) is 1. The second kappa shape index (κ2) is 8.12. The van der Waals surface area contributed by atoms with E-state index in [-0.39, 0.29) is 0 Å². The third kappa shape index (κ3) is 5.17. The molecule has 0 saturated carbocycles. The van der Waals surface area contributed by atoms with Crippen LogP contribution in [0.4, 0.5) is 0 Å². The first-order valence-corrected chi connectivity index (χ1v) is 7.14. The fraction of sp³-hybridized carbons (Fsp3) is 0.533. The Morgan fingerprint density at radius 2 is 2.11 bits per heavy atom. The number of thiocarbonyl (C=S) groups is 1. The molecule has 1 aromatic carbocycles. The zero-order chi connectivity index (χ0) is 14.3. The maximum Gasteiger partial charge on any atom is 0.129 e. The molecule has 1 rings (SSSR count). The predicted molar refractivity (Wildman–Crippen MR) is 84.7 cm³/mol. The Balaban J connectivity index is 2.68. The molecule has 3 nitrogen and oxygen atoms in total. The van der Waals surface area contributed by atoms with Gasteiger partial charge in [-0.15, -0.1) is 0 Å². The fourth-order valence-electron chi connectivity index (χ4n) is 2.07. The number of hydrogen-bond donors (Lipinski definition) is 1. The number of hydrogen-bond acceptors (Lipinski definition) is 3. The lowest BCUT2D eigenvalue weighted by atomic mass is 10.1. The summed E-state index contributed by atoms with van der Waals surface area (Å²) in [6.07, 6.45) is 3.78. The summed E-state index contributed by atoms with van der Waals surface area (Å²) >= 11 is 5.06. The summed E-state index contributed by atoms with van der Waals surface area (Å²) in [5.74, 6) is 0.741. The van der Waals surface area contributed by atoms with Gasteiger partial charge in [0.25, 0.3) is 0 Å². The summed E-state index contributed by atoms with van der Waals surface area (Å²) in [6.45, 7) is 4.24. The van der Waals surface area contributed by atoms with Crippen LogP contribution in [0.2, 0.25) is 0 Å². The van der Waals surface area contributed by atoms with Crippen molar-refractivity contribution < 1.29 is 4.74 Å². The molecule has 0 aliphatic carbocycles. The summed E-state index contributed by atoms with van der Waals surface area (Å²) < 4.78 is 5.26. The SMILES string of the molecule is CCCCCN(C)Cc1ccc(OC)c(C(N)=S)c1. The highest BCUT2D eigenvalue weighted by Crippen LogP contribution is 2.20. The third-order valence-corrected chi connectivity index (χ3v) is 3.35. The highest BCUT2D eigenvalue weighted by Gasteiger charge is 2.08. The lowest BCUT2D eigenvalue weighted by molar-refractivity contribution is 0.318. The molecule has 0 spiro atoms. The number of rotatable bonds is 8. The topological polar surface area (TPSA) is 38.5 Å². The van der Waals surface area contributed by atoms with Gasteiger partial charge >= 0.3 is 0 Å². The maximum atomic E-state index is 5.73. The van der Waals surface area contributed by atoms with Gasteiger partial charge in [0.1, 0.15) is 10.7 Å². The smallest absolute Gasteiger partial charge is 0.129 e. The first-order chi connectivity index (χ1) is 9.08. The van der Waals surface area contributed by atoms with E-state index in [0.717, 1.165) is 24.4 Å². The molecule has 0 aliphatic heterocycles. The maximum absolute atomic E-state index is 5.73. The van der Waals surface area contributed by atoms with Crippen molar-refractivity contribution in [2.24, 2.45) is 5.73 Å². The minimum absolute atomic E-state index is 0.382. The summed E-state index contributed by atoms with van der Waals surface area (Å²) in [7, 11) is 3.77. The molecular formula is C15H24N2OS. The van der Waals surface area contributed by atoms with Crippen LogP contribution in [0.25, 0.3) is 0 Å². The molecule has 0 bridgehead atoms. The Labute approximate surface area is 121 Å². The first-order valence-electron chi connectivity index (χ1n) is 6.73. The molecule has 0 fully saturated rings. The van der Waals surface area contributed by atoms with E-state index in [0.29, 0.717) is 4.99 Å². The van der Waals surface area contributed by atoms with Crippen LogP contribution in [0.15, 0.2) is 18.2 Å². The van der Waals surface area contributed by atoms with Gasteiger partial charge in [0.15, 0.2) is 0 Å². The van der Waals surface area contributed by atoms with E-state index in [4.69, 9.17) is 22.7 Å². The summed E-state index contributed by atoms with van der Waals surface area (Å²) in [6, 6.07) is 6.03. The van der Waals surface area contributed by atoms with Crippen LogP contribution in [0.1, 0.15) is 37.3 Å². The number of methoxy groups -OCH3 is 1. The van der Waals surface area contributed by atoms with E-state index in [1.165, 1.54) is 24.8 Å².